The Hall–Kier alpha value is -2.35. The summed E-state index contributed by atoms with van der Waals surface area (Å²) in [6, 6.07) is 10.1. The first-order chi connectivity index (χ1) is 10.8. The lowest BCUT2D eigenvalue weighted by Crippen LogP contribution is -2.07. The van der Waals surface area contributed by atoms with Crippen molar-refractivity contribution in [1.29, 1.82) is 5.26 Å². The third kappa shape index (κ3) is 4.08. The molecule has 0 saturated carbocycles. The van der Waals surface area contributed by atoms with Gasteiger partial charge in [0.1, 0.15) is 11.8 Å². The van der Waals surface area contributed by atoms with Gasteiger partial charge in [-0.15, -0.1) is 5.10 Å². The minimum absolute atomic E-state index is 0.422. The van der Waals surface area contributed by atoms with Crippen molar-refractivity contribution in [2.75, 3.05) is 6.61 Å². The van der Waals surface area contributed by atoms with Gasteiger partial charge < -0.3 is 4.74 Å². The van der Waals surface area contributed by atoms with Gasteiger partial charge in [0.05, 0.1) is 12.3 Å². The van der Waals surface area contributed by atoms with Gasteiger partial charge in [-0.25, -0.2) is 4.68 Å². The van der Waals surface area contributed by atoms with Crippen LogP contribution in [0, 0.1) is 11.3 Å². The summed E-state index contributed by atoms with van der Waals surface area (Å²) in [6.07, 6.45) is 4.04. The molecule has 0 bridgehead atoms. The van der Waals surface area contributed by atoms with Gasteiger partial charge in [-0.2, -0.15) is 5.26 Å². The van der Waals surface area contributed by atoms with Gasteiger partial charge in [-0.3, -0.25) is 0 Å². The van der Waals surface area contributed by atoms with Crippen molar-refractivity contribution < 1.29 is 4.74 Å². The average Bonchev–Trinajstić information content (AvgIpc) is 2.92. The van der Waals surface area contributed by atoms with Crippen molar-refractivity contribution in [3.63, 3.8) is 0 Å². The number of hydrogen-bond acceptors (Lipinski definition) is 4. The molecular formula is C17H22N4O. The Morgan fingerprint density at radius 2 is 1.95 bits per heavy atom. The number of unbranched alkanes of at least 4 members (excludes halogenated alkanes) is 2. The summed E-state index contributed by atoms with van der Waals surface area (Å²) in [7, 11) is 0. The molecule has 0 amide bonds. The van der Waals surface area contributed by atoms with E-state index in [0.717, 1.165) is 42.8 Å². The Balaban J connectivity index is 2.13. The van der Waals surface area contributed by atoms with Crippen LogP contribution in [-0.4, -0.2) is 21.6 Å². The molecule has 0 aliphatic heterocycles. The average molecular weight is 298 g/mol. The molecule has 0 radical (unpaired) electrons. The summed E-state index contributed by atoms with van der Waals surface area (Å²) in [5, 5.41) is 17.3. The highest BCUT2D eigenvalue weighted by Gasteiger charge is 2.13. The van der Waals surface area contributed by atoms with Gasteiger partial charge >= 0.3 is 0 Å². The van der Waals surface area contributed by atoms with Crippen LogP contribution in [0.5, 0.6) is 5.75 Å². The van der Waals surface area contributed by atoms with Crippen molar-refractivity contribution in [3.05, 3.63) is 41.2 Å². The highest BCUT2D eigenvalue weighted by atomic mass is 16.5. The largest absolute Gasteiger partial charge is 0.494 e. The number of benzene rings is 1. The Bertz CT molecular complexity index is 625. The molecule has 116 valence electrons. The molecule has 22 heavy (non-hydrogen) atoms. The zero-order chi connectivity index (χ0) is 15.8. The van der Waals surface area contributed by atoms with Gasteiger partial charge in [0.2, 0.25) is 0 Å². The van der Waals surface area contributed by atoms with Crippen LogP contribution in [0.4, 0.5) is 0 Å². The lowest BCUT2D eigenvalue weighted by molar-refractivity contribution is 0.340. The Labute approximate surface area is 131 Å². The van der Waals surface area contributed by atoms with Crippen LogP contribution in [0.1, 0.15) is 50.1 Å². The van der Waals surface area contributed by atoms with Gasteiger partial charge in [-0.05, 0) is 31.0 Å². The smallest absolute Gasteiger partial charge is 0.186 e. The van der Waals surface area contributed by atoms with Crippen molar-refractivity contribution >= 4 is 0 Å². The molecule has 0 spiro atoms. The molecule has 1 aromatic heterocycles. The van der Waals surface area contributed by atoms with Crippen molar-refractivity contribution in [2.45, 2.75) is 46.1 Å². The summed E-state index contributed by atoms with van der Waals surface area (Å²) >= 11 is 0. The zero-order valence-corrected chi connectivity index (χ0v) is 13.2. The summed E-state index contributed by atoms with van der Waals surface area (Å²) in [6.45, 7) is 5.61. The maximum absolute atomic E-state index is 9.21. The second-order valence-corrected chi connectivity index (χ2v) is 5.18. The fraction of sp³-hybridized carbons (Fsp3) is 0.471. The van der Waals surface area contributed by atoms with Crippen LogP contribution in [-0.2, 0) is 13.0 Å². The van der Waals surface area contributed by atoms with E-state index in [0.29, 0.717) is 18.7 Å². The lowest BCUT2D eigenvalue weighted by atomic mass is 10.1. The number of rotatable bonds is 8. The Kier molecular flexibility index (Phi) is 5.96. The summed E-state index contributed by atoms with van der Waals surface area (Å²) in [5.41, 5.74) is 2.44. The van der Waals surface area contributed by atoms with E-state index in [9.17, 15) is 5.26 Å². The zero-order valence-electron chi connectivity index (χ0n) is 13.2. The first kappa shape index (κ1) is 16.0. The van der Waals surface area contributed by atoms with E-state index in [1.165, 1.54) is 0 Å². The van der Waals surface area contributed by atoms with Crippen molar-refractivity contribution in [3.8, 4) is 11.8 Å². The number of aryl methyl sites for hydroxylation is 1. The maximum Gasteiger partial charge on any atom is 0.186 e. The molecule has 0 aliphatic carbocycles. The van der Waals surface area contributed by atoms with Crippen LogP contribution in [0.15, 0.2) is 24.3 Å². The van der Waals surface area contributed by atoms with Crippen LogP contribution in [0.25, 0.3) is 0 Å². The standard InChI is InChI=1S/C17H22N4O/c1-3-5-6-11-21-17(16(13-18)19-20-21)12-14-7-9-15(10-8-14)22-4-2/h7-10H,3-6,11-12H2,1-2H3. The maximum atomic E-state index is 9.21. The molecule has 5 nitrogen and oxygen atoms in total. The third-order valence-electron chi connectivity index (χ3n) is 3.52. The molecule has 1 heterocycles. The second-order valence-electron chi connectivity index (χ2n) is 5.18. The first-order valence-corrected chi connectivity index (χ1v) is 7.82. The van der Waals surface area contributed by atoms with E-state index in [-0.39, 0.29) is 0 Å². The van der Waals surface area contributed by atoms with Crippen LogP contribution in [0.2, 0.25) is 0 Å². The Morgan fingerprint density at radius 1 is 1.18 bits per heavy atom. The van der Waals surface area contributed by atoms with Crippen LogP contribution in [0.3, 0.4) is 0 Å². The Morgan fingerprint density at radius 3 is 2.59 bits per heavy atom. The highest BCUT2D eigenvalue weighted by molar-refractivity contribution is 5.33. The number of nitriles is 1. The fourth-order valence-corrected chi connectivity index (χ4v) is 2.35. The quantitative estimate of drug-likeness (QED) is 0.701. The molecule has 5 heteroatoms. The van der Waals surface area contributed by atoms with Gasteiger partial charge in [0.15, 0.2) is 5.69 Å². The van der Waals surface area contributed by atoms with Crippen molar-refractivity contribution in [1.82, 2.24) is 15.0 Å². The molecule has 2 rings (SSSR count). The summed E-state index contributed by atoms with van der Waals surface area (Å²) < 4.78 is 7.31. The molecule has 1 aromatic carbocycles. The van der Waals surface area contributed by atoms with E-state index >= 15 is 0 Å². The lowest BCUT2D eigenvalue weighted by Gasteiger charge is -2.08. The predicted octanol–water partition coefficient (Wildman–Crippen LogP) is 3.33. The van der Waals surface area contributed by atoms with E-state index in [4.69, 9.17) is 4.74 Å². The third-order valence-corrected chi connectivity index (χ3v) is 3.52. The van der Waals surface area contributed by atoms with E-state index < -0.39 is 0 Å². The molecule has 0 N–H and O–H groups in total. The molecule has 2 aromatic rings. The number of nitrogens with zero attached hydrogens (tertiary/aromatic N) is 4. The van der Waals surface area contributed by atoms with Crippen molar-refractivity contribution in [2.24, 2.45) is 0 Å². The molecule has 0 atom stereocenters. The number of aromatic nitrogens is 3. The normalized spacial score (nSPS) is 10.4. The molecule has 0 unspecified atom stereocenters. The SMILES string of the molecule is CCCCCn1nnc(C#N)c1Cc1ccc(OCC)cc1. The van der Waals surface area contributed by atoms with Gasteiger partial charge in [0, 0.05) is 13.0 Å². The molecule has 0 saturated heterocycles. The molecule has 0 aliphatic rings. The summed E-state index contributed by atoms with van der Waals surface area (Å²) in [5.74, 6) is 0.862. The fourth-order valence-electron chi connectivity index (χ4n) is 2.35. The predicted molar refractivity (Wildman–Crippen MR) is 84.7 cm³/mol. The van der Waals surface area contributed by atoms with E-state index in [1.54, 1.807) is 0 Å². The monoisotopic (exact) mass is 298 g/mol. The summed E-state index contributed by atoms with van der Waals surface area (Å²) in [4.78, 5) is 0. The van der Waals surface area contributed by atoms with E-state index in [2.05, 4.69) is 23.3 Å². The van der Waals surface area contributed by atoms with E-state index in [1.807, 2.05) is 35.9 Å². The number of ether oxygens (including phenoxy) is 1. The molecular weight excluding hydrogens is 276 g/mol. The van der Waals surface area contributed by atoms with Crippen LogP contribution < -0.4 is 4.74 Å². The van der Waals surface area contributed by atoms with Gasteiger partial charge in [-0.1, -0.05) is 37.1 Å². The van der Waals surface area contributed by atoms with Crippen LogP contribution >= 0.6 is 0 Å². The first-order valence-electron chi connectivity index (χ1n) is 7.82. The molecule has 0 fully saturated rings. The second kappa shape index (κ2) is 8.18. The topological polar surface area (TPSA) is 63.7 Å². The minimum Gasteiger partial charge on any atom is -0.494 e. The highest BCUT2D eigenvalue weighted by Crippen LogP contribution is 2.17. The van der Waals surface area contributed by atoms with Gasteiger partial charge in [0.25, 0.3) is 0 Å². The number of hydrogen-bond donors (Lipinski definition) is 0. The minimum atomic E-state index is 0.422.